The van der Waals surface area contributed by atoms with Gasteiger partial charge in [-0.3, -0.25) is 9.59 Å². The van der Waals surface area contributed by atoms with Gasteiger partial charge in [-0.05, 0) is 47.2 Å². The standard InChI is InChI=1S/C18H16BrN5O4/c1-10(25)14-7-12(19)8-15(16(14)26)20-18(27)17-21-22-23-24(17)9-11-3-5-13(28-2)6-4-11/h3-8,26H,9H2,1-2H3,(H,20,27). The summed E-state index contributed by atoms with van der Waals surface area (Å²) in [4.78, 5) is 24.3. The largest absolute Gasteiger partial charge is 0.505 e. The van der Waals surface area contributed by atoms with Gasteiger partial charge in [-0.25, -0.2) is 4.68 Å². The summed E-state index contributed by atoms with van der Waals surface area (Å²) in [6.07, 6.45) is 0. The Morgan fingerprint density at radius 1 is 1.25 bits per heavy atom. The van der Waals surface area contributed by atoms with Gasteiger partial charge in [0.05, 0.1) is 24.9 Å². The monoisotopic (exact) mass is 445 g/mol. The molecule has 0 saturated heterocycles. The highest BCUT2D eigenvalue weighted by Gasteiger charge is 2.20. The zero-order chi connectivity index (χ0) is 20.3. The first-order valence-corrected chi connectivity index (χ1v) is 8.92. The first-order valence-electron chi connectivity index (χ1n) is 8.13. The van der Waals surface area contributed by atoms with E-state index in [-0.39, 0.29) is 35.2 Å². The van der Waals surface area contributed by atoms with E-state index < -0.39 is 5.91 Å². The number of phenolic OH excluding ortho intramolecular Hbond substituents is 1. The minimum absolute atomic E-state index is 0.0421. The number of nitrogens with one attached hydrogen (secondary N) is 1. The zero-order valence-electron chi connectivity index (χ0n) is 15.0. The fraction of sp³-hybridized carbons (Fsp3) is 0.167. The lowest BCUT2D eigenvalue weighted by Gasteiger charge is -2.11. The van der Waals surface area contributed by atoms with E-state index in [1.54, 1.807) is 19.2 Å². The molecule has 1 amide bonds. The van der Waals surface area contributed by atoms with Gasteiger partial charge in [0, 0.05) is 4.47 Å². The number of rotatable bonds is 6. The van der Waals surface area contributed by atoms with Crippen molar-refractivity contribution in [2.24, 2.45) is 0 Å². The molecule has 0 unspecified atom stereocenters. The second kappa shape index (κ2) is 8.17. The summed E-state index contributed by atoms with van der Waals surface area (Å²) in [5, 5.41) is 23.9. The molecule has 2 aromatic carbocycles. The maximum atomic E-state index is 12.6. The van der Waals surface area contributed by atoms with E-state index in [2.05, 4.69) is 36.8 Å². The molecule has 2 N–H and O–H groups in total. The molecule has 0 aliphatic heterocycles. The van der Waals surface area contributed by atoms with Crippen LogP contribution in [-0.4, -0.2) is 44.1 Å². The number of carbonyl (C=O) groups excluding carboxylic acids is 2. The third kappa shape index (κ3) is 4.17. The van der Waals surface area contributed by atoms with Gasteiger partial charge >= 0.3 is 0 Å². The number of carbonyl (C=O) groups is 2. The minimum Gasteiger partial charge on any atom is -0.505 e. The Bertz CT molecular complexity index is 1030. The molecule has 0 bridgehead atoms. The van der Waals surface area contributed by atoms with E-state index in [1.807, 2.05) is 12.1 Å². The van der Waals surface area contributed by atoms with Gasteiger partial charge in [0.15, 0.2) is 5.78 Å². The van der Waals surface area contributed by atoms with Crippen LogP contribution in [0.4, 0.5) is 5.69 Å². The normalized spacial score (nSPS) is 10.5. The first-order chi connectivity index (χ1) is 13.4. The summed E-state index contributed by atoms with van der Waals surface area (Å²) in [5.74, 6) is -0.609. The number of benzene rings is 2. The van der Waals surface area contributed by atoms with Crippen LogP contribution < -0.4 is 10.1 Å². The van der Waals surface area contributed by atoms with Crippen LogP contribution in [0.5, 0.6) is 11.5 Å². The highest BCUT2D eigenvalue weighted by molar-refractivity contribution is 9.10. The summed E-state index contributed by atoms with van der Waals surface area (Å²) in [6.45, 7) is 1.59. The number of phenols is 1. The van der Waals surface area contributed by atoms with E-state index >= 15 is 0 Å². The van der Waals surface area contributed by atoms with Gasteiger partial charge in [-0.15, -0.1) is 5.10 Å². The van der Waals surface area contributed by atoms with Crippen molar-refractivity contribution in [3.8, 4) is 11.5 Å². The molecule has 0 fully saturated rings. The van der Waals surface area contributed by atoms with E-state index in [1.165, 1.54) is 23.7 Å². The lowest BCUT2D eigenvalue weighted by molar-refractivity contribution is 0.0997. The number of halogens is 1. The van der Waals surface area contributed by atoms with Crippen molar-refractivity contribution < 1.29 is 19.4 Å². The molecule has 0 saturated carbocycles. The number of hydrogen-bond acceptors (Lipinski definition) is 7. The molecular formula is C18H16BrN5O4. The van der Waals surface area contributed by atoms with Crippen LogP contribution in [-0.2, 0) is 6.54 Å². The number of aromatic hydroxyl groups is 1. The number of ketones is 1. The summed E-state index contributed by atoms with van der Waals surface area (Å²) in [5.41, 5.74) is 1.03. The van der Waals surface area contributed by atoms with Gasteiger partial charge in [0.2, 0.25) is 5.82 Å². The molecular weight excluding hydrogens is 430 g/mol. The molecule has 3 aromatic rings. The molecule has 0 atom stereocenters. The molecule has 0 radical (unpaired) electrons. The van der Waals surface area contributed by atoms with Crippen LogP contribution in [0.15, 0.2) is 40.9 Å². The van der Waals surface area contributed by atoms with Crippen molar-refractivity contribution in [1.82, 2.24) is 20.2 Å². The highest BCUT2D eigenvalue weighted by atomic mass is 79.9. The fourth-order valence-electron chi connectivity index (χ4n) is 2.52. The quantitative estimate of drug-likeness (QED) is 0.441. The number of methoxy groups -OCH3 is 1. The predicted molar refractivity (Wildman–Crippen MR) is 104 cm³/mol. The Balaban J connectivity index is 1.83. The number of Topliss-reactive ketones (excluding diaryl/α,β-unsaturated/α-hetero) is 1. The Kier molecular flexibility index (Phi) is 5.69. The summed E-state index contributed by atoms with van der Waals surface area (Å²) >= 11 is 3.25. The number of tetrazole rings is 1. The summed E-state index contributed by atoms with van der Waals surface area (Å²) < 4.78 is 6.98. The van der Waals surface area contributed by atoms with E-state index in [0.29, 0.717) is 10.2 Å². The molecule has 144 valence electrons. The number of aromatic nitrogens is 4. The number of anilines is 1. The second-order valence-electron chi connectivity index (χ2n) is 5.87. The lowest BCUT2D eigenvalue weighted by atomic mass is 10.1. The topological polar surface area (TPSA) is 119 Å². The average molecular weight is 446 g/mol. The van der Waals surface area contributed by atoms with Crippen LogP contribution in [0.2, 0.25) is 0 Å². The molecule has 0 spiro atoms. The van der Waals surface area contributed by atoms with E-state index in [4.69, 9.17) is 4.74 Å². The highest BCUT2D eigenvalue weighted by Crippen LogP contribution is 2.32. The van der Waals surface area contributed by atoms with E-state index in [0.717, 1.165) is 5.56 Å². The van der Waals surface area contributed by atoms with Crippen molar-refractivity contribution in [2.45, 2.75) is 13.5 Å². The summed E-state index contributed by atoms with van der Waals surface area (Å²) in [6, 6.07) is 10.2. The molecule has 1 aromatic heterocycles. The van der Waals surface area contributed by atoms with Crippen molar-refractivity contribution in [3.05, 3.63) is 57.8 Å². The third-order valence-electron chi connectivity index (χ3n) is 3.93. The number of amides is 1. The van der Waals surface area contributed by atoms with Crippen LogP contribution in [0, 0.1) is 0 Å². The number of hydrogen-bond donors (Lipinski definition) is 2. The molecule has 0 aliphatic rings. The summed E-state index contributed by atoms with van der Waals surface area (Å²) in [7, 11) is 1.58. The molecule has 9 nitrogen and oxygen atoms in total. The van der Waals surface area contributed by atoms with Gasteiger partial charge in [-0.1, -0.05) is 28.1 Å². The van der Waals surface area contributed by atoms with Gasteiger partial charge in [0.25, 0.3) is 5.91 Å². The number of ether oxygens (including phenoxy) is 1. The Labute approximate surface area is 168 Å². The zero-order valence-corrected chi connectivity index (χ0v) is 16.6. The first kappa shape index (κ1) is 19.5. The minimum atomic E-state index is -0.624. The lowest BCUT2D eigenvalue weighted by Crippen LogP contribution is -2.20. The van der Waals surface area contributed by atoms with Gasteiger partial charge in [0.1, 0.15) is 11.5 Å². The molecule has 0 aliphatic carbocycles. The Hall–Kier alpha value is -3.27. The molecule has 3 rings (SSSR count). The fourth-order valence-corrected chi connectivity index (χ4v) is 2.98. The van der Waals surface area contributed by atoms with Crippen molar-refractivity contribution >= 4 is 33.3 Å². The van der Waals surface area contributed by atoms with Crippen molar-refractivity contribution in [3.63, 3.8) is 0 Å². The van der Waals surface area contributed by atoms with Crippen LogP contribution in [0.25, 0.3) is 0 Å². The Morgan fingerprint density at radius 3 is 2.61 bits per heavy atom. The van der Waals surface area contributed by atoms with E-state index in [9.17, 15) is 14.7 Å². The Morgan fingerprint density at radius 2 is 1.96 bits per heavy atom. The maximum Gasteiger partial charge on any atom is 0.295 e. The smallest absolute Gasteiger partial charge is 0.295 e. The maximum absolute atomic E-state index is 12.6. The van der Waals surface area contributed by atoms with Gasteiger partial charge < -0.3 is 15.2 Å². The SMILES string of the molecule is COc1ccc(Cn2nnnc2C(=O)Nc2cc(Br)cc(C(C)=O)c2O)cc1. The van der Waals surface area contributed by atoms with Crippen LogP contribution >= 0.6 is 15.9 Å². The second-order valence-corrected chi connectivity index (χ2v) is 6.78. The predicted octanol–water partition coefficient (Wildman–Crippen LogP) is 2.65. The van der Waals surface area contributed by atoms with Gasteiger partial charge in [-0.2, -0.15) is 0 Å². The third-order valence-corrected chi connectivity index (χ3v) is 4.39. The van der Waals surface area contributed by atoms with Crippen LogP contribution in [0.1, 0.15) is 33.5 Å². The number of nitrogens with zero attached hydrogens (tertiary/aromatic N) is 4. The van der Waals surface area contributed by atoms with Crippen LogP contribution in [0.3, 0.4) is 0 Å². The molecule has 1 heterocycles. The van der Waals surface area contributed by atoms with Crippen molar-refractivity contribution in [2.75, 3.05) is 12.4 Å². The molecule has 28 heavy (non-hydrogen) atoms. The average Bonchev–Trinajstić information content (AvgIpc) is 3.13. The van der Waals surface area contributed by atoms with Crippen molar-refractivity contribution in [1.29, 1.82) is 0 Å². The molecule has 10 heteroatoms.